The van der Waals surface area contributed by atoms with Crippen LogP contribution in [0.15, 0.2) is 15.6 Å². The van der Waals surface area contributed by atoms with Gasteiger partial charge in [0.15, 0.2) is 5.96 Å². The minimum absolute atomic E-state index is 0. The van der Waals surface area contributed by atoms with E-state index in [1.165, 1.54) is 0 Å². The Bertz CT molecular complexity index is 517. The summed E-state index contributed by atoms with van der Waals surface area (Å²) in [6.07, 6.45) is 5.29. The molecule has 0 bridgehead atoms. The molecule has 1 aromatic heterocycles. The summed E-state index contributed by atoms with van der Waals surface area (Å²) in [7, 11) is 0. The molecule has 1 saturated carbocycles. The van der Waals surface area contributed by atoms with Crippen LogP contribution in [0, 0.1) is 0 Å². The van der Waals surface area contributed by atoms with E-state index in [1.807, 2.05) is 6.92 Å². The van der Waals surface area contributed by atoms with Crippen LogP contribution in [0.2, 0.25) is 0 Å². The molecule has 24 heavy (non-hydrogen) atoms. The highest BCUT2D eigenvalue weighted by atomic mass is 127. The predicted molar refractivity (Wildman–Crippen MR) is 107 cm³/mol. The number of rotatable bonds is 4. The molecule has 1 aliphatic rings. The summed E-state index contributed by atoms with van der Waals surface area (Å²) in [5.74, 6) is 2.29. The third-order valence-corrected chi connectivity index (χ3v) is 4.05. The number of aliphatic hydroxyl groups is 1. The van der Waals surface area contributed by atoms with Crippen molar-refractivity contribution in [3.8, 4) is 0 Å². The summed E-state index contributed by atoms with van der Waals surface area (Å²) in [6, 6.07) is 0.367. The van der Waals surface area contributed by atoms with Gasteiger partial charge in [0.2, 0.25) is 5.89 Å². The number of aliphatic imine (C=N–C) groups is 1. The molecule has 0 unspecified atom stereocenters. The first-order valence-electron chi connectivity index (χ1n) is 8.56. The van der Waals surface area contributed by atoms with E-state index in [0.29, 0.717) is 18.5 Å². The minimum Gasteiger partial charge on any atom is -0.443 e. The van der Waals surface area contributed by atoms with Gasteiger partial charge in [-0.2, -0.15) is 0 Å². The first-order valence-corrected chi connectivity index (χ1v) is 8.56. The quantitative estimate of drug-likeness (QED) is 0.373. The third-order valence-electron chi connectivity index (χ3n) is 4.05. The Kier molecular flexibility index (Phi) is 8.49. The van der Waals surface area contributed by atoms with Crippen LogP contribution in [0.1, 0.15) is 65.0 Å². The van der Waals surface area contributed by atoms with Crippen molar-refractivity contribution in [1.82, 2.24) is 15.6 Å². The van der Waals surface area contributed by atoms with Gasteiger partial charge in [0.1, 0.15) is 12.3 Å². The van der Waals surface area contributed by atoms with Gasteiger partial charge in [-0.3, -0.25) is 0 Å². The monoisotopic (exact) mass is 450 g/mol. The second-order valence-corrected chi connectivity index (χ2v) is 7.21. The fourth-order valence-corrected chi connectivity index (χ4v) is 2.61. The van der Waals surface area contributed by atoms with E-state index >= 15 is 0 Å². The molecule has 0 spiro atoms. The minimum atomic E-state index is -0.143. The normalized spacial score (nSPS) is 22.0. The fourth-order valence-electron chi connectivity index (χ4n) is 2.61. The van der Waals surface area contributed by atoms with Gasteiger partial charge < -0.3 is 20.2 Å². The Morgan fingerprint density at radius 2 is 2.00 bits per heavy atom. The van der Waals surface area contributed by atoms with E-state index in [1.54, 1.807) is 6.20 Å². The lowest BCUT2D eigenvalue weighted by atomic mass is 9.93. The van der Waals surface area contributed by atoms with Crippen LogP contribution in [-0.2, 0) is 12.0 Å². The van der Waals surface area contributed by atoms with Crippen molar-refractivity contribution in [2.45, 2.75) is 77.5 Å². The molecule has 0 atom stereocenters. The van der Waals surface area contributed by atoms with Gasteiger partial charge in [-0.1, -0.05) is 20.8 Å². The maximum Gasteiger partial charge on any atom is 0.216 e. The largest absolute Gasteiger partial charge is 0.443 e. The number of aliphatic hydroxyl groups excluding tert-OH is 1. The van der Waals surface area contributed by atoms with Crippen molar-refractivity contribution in [1.29, 1.82) is 0 Å². The van der Waals surface area contributed by atoms with Crippen molar-refractivity contribution >= 4 is 29.9 Å². The number of halogens is 1. The molecule has 1 heterocycles. The molecule has 7 heteroatoms. The van der Waals surface area contributed by atoms with Crippen LogP contribution >= 0.6 is 24.0 Å². The predicted octanol–water partition coefficient (Wildman–Crippen LogP) is 2.95. The molecule has 6 nitrogen and oxygen atoms in total. The summed E-state index contributed by atoms with van der Waals surface area (Å²) < 4.78 is 5.77. The SMILES string of the molecule is CCNC(=NCc1ncc(C(C)(C)C)o1)NC1CCC(O)CC1.I. The molecule has 0 radical (unpaired) electrons. The van der Waals surface area contributed by atoms with Crippen molar-refractivity contribution in [3.63, 3.8) is 0 Å². The number of aromatic nitrogens is 1. The van der Waals surface area contributed by atoms with Crippen LogP contribution in [0.4, 0.5) is 0 Å². The highest BCUT2D eigenvalue weighted by molar-refractivity contribution is 14.0. The Balaban J connectivity index is 0.00000288. The highest BCUT2D eigenvalue weighted by Gasteiger charge is 2.21. The van der Waals surface area contributed by atoms with E-state index in [9.17, 15) is 5.11 Å². The first-order chi connectivity index (χ1) is 10.9. The highest BCUT2D eigenvalue weighted by Crippen LogP contribution is 2.23. The number of hydrogen-bond acceptors (Lipinski definition) is 4. The maximum absolute atomic E-state index is 9.59. The summed E-state index contributed by atoms with van der Waals surface area (Å²) in [5.41, 5.74) is -0.0410. The lowest BCUT2D eigenvalue weighted by Crippen LogP contribution is -2.45. The van der Waals surface area contributed by atoms with Gasteiger partial charge in [-0.25, -0.2) is 9.98 Å². The number of nitrogens with one attached hydrogen (secondary N) is 2. The van der Waals surface area contributed by atoms with Crippen molar-refractivity contribution < 1.29 is 9.52 Å². The Morgan fingerprint density at radius 1 is 1.33 bits per heavy atom. The molecular formula is C17H31IN4O2. The average Bonchev–Trinajstić information content (AvgIpc) is 2.96. The van der Waals surface area contributed by atoms with Gasteiger partial charge in [0.25, 0.3) is 0 Å². The zero-order valence-corrected chi connectivity index (χ0v) is 17.5. The molecule has 0 amide bonds. The molecule has 2 rings (SSSR count). The van der Waals surface area contributed by atoms with Crippen LogP contribution in [0.3, 0.4) is 0 Å². The maximum atomic E-state index is 9.59. The number of guanidine groups is 1. The second kappa shape index (κ2) is 9.60. The topological polar surface area (TPSA) is 82.7 Å². The first kappa shape index (κ1) is 21.2. The van der Waals surface area contributed by atoms with Crippen LogP contribution in [0.25, 0.3) is 0 Å². The molecule has 1 fully saturated rings. The third kappa shape index (κ3) is 6.58. The van der Waals surface area contributed by atoms with E-state index < -0.39 is 0 Å². The second-order valence-electron chi connectivity index (χ2n) is 7.21. The molecule has 138 valence electrons. The number of nitrogens with zero attached hydrogens (tertiary/aromatic N) is 2. The van der Waals surface area contributed by atoms with Gasteiger partial charge in [-0.05, 0) is 32.6 Å². The summed E-state index contributed by atoms with van der Waals surface area (Å²) in [5, 5.41) is 16.3. The van der Waals surface area contributed by atoms with Gasteiger partial charge in [0.05, 0.1) is 12.3 Å². The van der Waals surface area contributed by atoms with Crippen LogP contribution in [0.5, 0.6) is 0 Å². The zero-order chi connectivity index (χ0) is 16.9. The zero-order valence-electron chi connectivity index (χ0n) is 15.1. The summed E-state index contributed by atoms with van der Waals surface area (Å²) in [4.78, 5) is 8.88. The average molecular weight is 450 g/mol. The van der Waals surface area contributed by atoms with Crippen molar-refractivity contribution in [2.24, 2.45) is 4.99 Å². The van der Waals surface area contributed by atoms with Gasteiger partial charge >= 0.3 is 0 Å². The smallest absolute Gasteiger partial charge is 0.216 e. The van der Waals surface area contributed by atoms with E-state index in [0.717, 1.165) is 43.9 Å². The van der Waals surface area contributed by atoms with Gasteiger partial charge in [-0.15, -0.1) is 24.0 Å². The molecule has 1 aliphatic carbocycles. The molecule has 0 aliphatic heterocycles. The fraction of sp³-hybridized carbons (Fsp3) is 0.765. The molecular weight excluding hydrogens is 419 g/mol. The van der Waals surface area contributed by atoms with Crippen LogP contribution in [-0.4, -0.2) is 34.7 Å². The standard InChI is InChI=1S/C17H30N4O2.HI/c1-5-18-16(21-12-6-8-13(22)9-7-12)20-11-15-19-10-14(23-15)17(2,3)4;/h10,12-13,22H,5-9,11H2,1-4H3,(H2,18,20,21);1H. The van der Waals surface area contributed by atoms with Crippen molar-refractivity contribution in [2.75, 3.05) is 6.54 Å². The molecule has 0 saturated heterocycles. The van der Waals surface area contributed by atoms with E-state index in [4.69, 9.17) is 4.42 Å². The number of oxazole rings is 1. The molecule has 3 N–H and O–H groups in total. The van der Waals surface area contributed by atoms with E-state index in [2.05, 4.69) is 41.4 Å². The number of hydrogen-bond donors (Lipinski definition) is 3. The van der Waals surface area contributed by atoms with Gasteiger partial charge in [0, 0.05) is 18.0 Å². The molecule has 0 aromatic carbocycles. The molecule has 1 aromatic rings. The summed E-state index contributed by atoms with van der Waals surface area (Å²) in [6.45, 7) is 9.57. The lowest BCUT2D eigenvalue weighted by Gasteiger charge is -2.27. The van der Waals surface area contributed by atoms with Crippen molar-refractivity contribution in [3.05, 3.63) is 17.8 Å². The Hall–Kier alpha value is -0.830. The summed E-state index contributed by atoms with van der Waals surface area (Å²) >= 11 is 0. The Labute approximate surface area is 161 Å². The van der Waals surface area contributed by atoms with Crippen LogP contribution < -0.4 is 10.6 Å². The van der Waals surface area contributed by atoms with E-state index in [-0.39, 0.29) is 35.5 Å². The Morgan fingerprint density at radius 3 is 2.54 bits per heavy atom. The lowest BCUT2D eigenvalue weighted by molar-refractivity contribution is 0.120.